The summed E-state index contributed by atoms with van der Waals surface area (Å²) >= 11 is 8.87. The quantitative estimate of drug-likeness (QED) is 0.675. The van der Waals surface area contributed by atoms with E-state index in [4.69, 9.17) is 11.6 Å². The fourth-order valence-corrected chi connectivity index (χ4v) is 4.04. The van der Waals surface area contributed by atoms with E-state index >= 15 is 0 Å². The minimum Gasteiger partial charge on any atom is -0.325 e. The summed E-state index contributed by atoms with van der Waals surface area (Å²) in [6, 6.07) is 6.86. The Morgan fingerprint density at radius 1 is 1.42 bits per heavy atom. The molecule has 9 heteroatoms. The summed E-state index contributed by atoms with van der Waals surface area (Å²) in [7, 11) is 0. The summed E-state index contributed by atoms with van der Waals surface area (Å²) in [6.45, 7) is 3.84. The van der Waals surface area contributed by atoms with Gasteiger partial charge in [-0.2, -0.15) is 9.61 Å². The number of carbonyl (C=O) groups is 1. The second-order valence-electron chi connectivity index (χ2n) is 5.58. The van der Waals surface area contributed by atoms with E-state index in [1.807, 2.05) is 19.9 Å². The predicted molar refractivity (Wildman–Crippen MR) is 107 cm³/mol. The Kier molecular flexibility index (Phi) is 5.95. The molecule has 0 saturated carbocycles. The summed E-state index contributed by atoms with van der Waals surface area (Å²) in [4.78, 5) is 29.3. The second-order valence-corrected chi connectivity index (χ2v) is 8.02. The van der Waals surface area contributed by atoms with E-state index in [2.05, 4.69) is 15.4 Å². The normalized spacial score (nSPS) is 11.0. The number of aryl methyl sites for hydroxylation is 1. The number of amides is 1. The number of nitrogens with one attached hydrogen (secondary N) is 1. The number of carbonyl (C=O) groups excluding carboxylic acids is 1. The fraction of sp³-hybridized carbons (Fsp3) is 0.294. The third-order valence-corrected chi connectivity index (χ3v) is 6.10. The molecule has 136 valence electrons. The van der Waals surface area contributed by atoms with Crippen LogP contribution in [0, 0.1) is 6.92 Å². The molecule has 1 N–H and O–H groups in total. The molecule has 3 aromatic rings. The van der Waals surface area contributed by atoms with Crippen LogP contribution < -0.4 is 10.9 Å². The highest BCUT2D eigenvalue weighted by atomic mass is 35.5. The van der Waals surface area contributed by atoms with E-state index in [1.165, 1.54) is 33.7 Å². The molecule has 0 aliphatic carbocycles. The molecule has 3 rings (SSSR count). The molecule has 6 nitrogen and oxygen atoms in total. The van der Waals surface area contributed by atoms with Crippen LogP contribution in [0.3, 0.4) is 0 Å². The van der Waals surface area contributed by atoms with Gasteiger partial charge in [0.1, 0.15) is 5.01 Å². The van der Waals surface area contributed by atoms with E-state index in [1.54, 1.807) is 12.1 Å². The maximum Gasteiger partial charge on any atom is 0.275 e. The molecule has 0 aliphatic heterocycles. The summed E-state index contributed by atoms with van der Waals surface area (Å²) < 4.78 is 1.33. The molecule has 0 radical (unpaired) electrons. The van der Waals surface area contributed by atoms with Crippen LogP contribution in [0.15, 0.2) is 29.1 Å². The van der Waals surface area contributed by atoms with Crippen molar-refractivity contribution in [1.29, 1.82) is 0 Å². The number of halogens is 1. The Morgan fingerprint density at radius 3 is 3.00 bits per heavy atom. The Balaban J connectivity index is 1.61. The molecule has 0 spiro atoms. The van der Waals surface area contributed by atoms with Crippen molar-refractivity contribution in [3.8, 4) is 0 Å². The highest BCUT2D eigenvalue weighted by Crippen LogP contribution is 2.23. The van der Waals surface area contributed by atoms with Crippen LogP contribution in [0.1, 0.15) is 23.2 Å². The van der Waals surface area contributed by atoms with Gasteiger partial charge in [0.15, 0.2) is 0 Å². The van der Waals surface area contributed by atoms with Gasteiger partial charge < -0.3 is 5.32 Å². The lowest BCUT2D eigenvalue weighted by Gasteiger charge is -2.09. The first-order valence-electron chi connectivity index (χ1n) is 7.99. The Hall–Kier alpha value is -1.90. The van der Waals surface area contributed by atoms with Gasteiger partial charge in [0.2, 0.25) is 10.9 Å². The molecule has 1 amide bonds. The Bertz CT molecular complexity index is 1020. The lowest BCUT2D eigenvalue weighted by atomic mass is 10.2. The minimum atomic E-state index is -0.194. The molecular weight excluding hydrogens is 392 g/mol. The van der Waals surface area contributed by atoms with E-state index < -0.39 is 0 Å². The first kappa shape index (κ1) is 18.9. The van der Waals surface area contributed by atoms with Gasteiger partial charge in [0.25, 0.3) is 5.56 Å². The molecule has 0 fully saturated rings. The van der Waals surface area contributed by atoms with Crippen molar-refractivity contribution in [2.24, 2.45) is 0 Å². The molecule has 0 aliphatic rings. The average molecular weight is 409 g/mol. The van der Waals surface area contributed by atoms with Gasteiger partial charge in [-0.05, 0) is 31.0 Å². The summed E-state index contributed by atoms with van der Waals surface area (Å²) in [5, 5.41) is 8.56. The zero-order valence-corrected chi connectivity index (χ0v) is 16.7. The van der Waals surface area contributed by atoms with Crippen molar-refractivity contribution >= 4 is 51.3 Å². The molecule has 0 bridgehead atoms. The number of aromatic nitrogens is 3. The van der Waals surface area contributed by atoms with E-state index in [0.29, 0.717) is 27.1 Å². The topological polar surface area (TPSA) is 76.4 Å². The van der Waals surface area contributed by atoms with E-state index in [-0.39, 0.29) is 17.2 Å². The van der Waals surface area contributed by atoms with Crippen LogP contribution in [0.25, 0.3) is 4.96 Å². The first-order chi connectivity index (χ1) is 12.5. The zero-order chi connectivity index (χ0) is 18.7. The summed E-state index contributed by atoms with van der Waals surface area (Å²) in [5.41, 5.74) is 2.00. The van der Waals surface area contributed by atoms with E-state index in [0.717, 1.165) is 17.0 Å². The number of hydrogen-bond donors (Lipinski definition) is 1. The van der Waals surface area contributed by atoms with Crippen LogP contribution in [-0.2, 0) is 17.0 Å². The standard InChI is InChI=1S/C17H17ClN4O2S2/c1-3-15-21-22-16(24)7-11(19-17(22)26-15)8-25-9-14(23)20-13-6-4-5-12(18)10(13)2/h4-7H,3,8-9H2,1-2H3,(H,20,23). The van der Waals surface area contributed by atoms with Crippen LogP contribution in [0.5, 0.6) is 0 Å². The number of thioether (sulfide) groups is 1. The molecular formula is C17H17ClN4O2S2. The number of hydrogen-bond acceptors (Lipinski definition) is 6. The fourth-order valence-electron chi connectivity index (χ4n) is 2.29. The lowest BCUT2D eigenvalue weighted by Crippen LogP contribution is -2.16. The summed E-state index contributed by atoms with van der Waals surface area (Å²) in [6.07, 6.45) is 0.765. The third kappa shape index (κ3) is 4.25. The van der Waals surface area contributed by atoms with Crippen LogP contribution in [0.4, 0.5) is 5.69 Å². The van der Waals surface area contributed by atoms with Crippen LogP contribution in [0.2, 0.25) is 5.02 Å². The van der Waals surface area contributed by atoms with Crippen molar-refractivity contribution in [3.63, 3.8) is 0 Å². The van der Waals surface area contributed by atoms with Crippen LogP contribution in [-0.4, -0.2) is 26.3 Å². The minimum absolute atomic E-state index is 0.121. The van der Waals surface area contributed by atoms with Crippen molar-refractivity contribution < 1.29 is 4.79 Å². The predicted octanol–water partition coefficient (Wildman–Crippen LogP) is 3.55. The molecule has 0 saturated heterocycles. The highest BCUT2D eigenvalue weighted by molar-refractivity contribution is 7.99. The summed E-state index contributed by atoms with van der Waals surface area (Å²) in [5.74, 6) is 0.618. The second kappa shape index (κ2) is 8.20. The van der Waals surface area contributed by atoms with Gasteiger partial charge in [0, 0.05) is 22.5 Å². The molecule has 26 heavy (non-hydrogen) atoms. The van der Waals surface area contributed by atoms with E-state index in [9.17, 15) is 9.59 Å². The lowest BCUT2D eigenvalue weighted by molar-refractivity contribution is -0.113. The SMILES string of the molecule is CCc1nn2c(=O)cc(CSCC(=O)Nc3cccc(Cl)c3C)nc2s1. The number of anilines is 1. The van der Waals surface area contributed by atoms with Crippen molar-refractivity contribution in [3.05, 3.63) is 55.9 Å². The van der Waals surface area contributed by atoms with Crippen molar-refractivity contribution in [1.82, 2.24) is 14.6 Å². The third-order valence-electron chi connectivity index (χ3n) is 3.67. The average Bonchev–Trinajstić information content (AvgIpc) is 3.03. The largest absolute Gasteiger partial charge is 0.325 e. The number of rotatable bonds is 6. The number of fused-ring (bicyclic) bond motifs is 1. The van der Waals surface area contributed by atoms with Gasteiger partial charge in [-0.15, -0.1) is 11.8 Å². The smallest absolute Gasteiger partial charge is 0.275 e. The maximum absolute atomic E-state index is 12.1. The van der Waals surface area contributed by atoms with Gasteiger partial charge >= 0.3 is 0 Å². The van der Waals surface area contributed by atoms with Crippen LogP contribution >= 0.6 is 34.7 Å². The zero-order valence-electron chi connectivity index (χ0n) is 14.3. The van der Waals surface area contributed by atoms with Gasteiger partial charge in [-0.3, -0.25) is 9.59 Å². The van der Waals surface area contributed by atoms with Crippen molar-refractivity contribution in [2.45, 2.75) is 26.0 Å². The molecule has 0 unspecified atom stereocenters. The van der Waals surface area contributed by atoms with Gasteiger partial charge in [0.05, 0.1) is 11.4 Å². The molecule has 1 aromatic carbocycles. The monoisotopic (exact) mass is 408 g/mol. The number of benzene rings is 1. The highest BCUT2D eigenvalue weighted by Gasteiger charge is 2.10. The molecule has 2 aromatic heterocycles. The molecule has 0 atom stereocenters. The number of nitrogens with zero attached hydrogens (tertiary/aromatic N) is 3. The maximum atomic E-state index is 12.1. The molecule has 2 heterocycles. The Morgan fingerprint density at radius 2 is 2.23 bits per heavy atom. The Labute approximate surface area is 163 Å². The van der Waals surface area contributed by atoms with Crippen molar-refractivity contribution in [2.75, 3.05) is 11.1 Å². The van der Waals surface area contributed by atoms with Gasteiger partial charge in [-0.1, -0.05) is 35.9 Å². The van der Waals surface area contributed by atoms with Gasteiger partial charge in [-0.25, -0.2) is 4.98 Å². The first-order valence-corrected chi connectivity index (χ1v) is 10.3.